The summed E-state index contributed by atoms with van der Waals surface area (Å²) in [6, 6.07) is 4.59. The maximum Gasteiger partial charge on any atom is 0.227 e. The Kier molecular flexibility index (Phi) is 4.63. The van der Waals surface area contributed by atoms with E-state index in [4.69, 9.17) is 4.74 Å². The second-order valence-corrected chi connectivity index (χ2v) is 6.28. The van der Waals surface area contributed by atoms with E-state index in [0.717, 1.165) is 23.0 Å². The minimum absolute atomic E-state index is 0.0553. The molecular formula is C17H22FN3O2. The van der Waals surface area contributed by atoms with E-state index >= 15 is 0 Å². The topological polar surface area (TPSA) is 48.6 Å². The van der Waals surface area contributed by atoms with Crippen molar-refractivity contribution < 1.29 is 13.9 Å². The van der Waals surface area contributed by atoms with Gasteiger partial charge in [-0.25, -0.2) is 4.39 Å². The lowest BCUT2D eigenvalue weighted by molar-refractivity contribution is -0.138. The number of nitrogens with one attached hydrogen (secondary N) is 1. The zero-order valence-electron chi connectivity index (χ0n) is 13.5. The van der Waals surface area contributed by atoms with E-state index in [9.17, 15) is 9.18 Å². The van der Waals surface area contributed by atoms with Crippen molar-refractivity contribution in [3.05, 3.63) is 35.8 Å². The summed E-state index contributed by atoms with van der Waals surface area (Å²) < 4.78 is 18.9. The minimum Gasteiger partial charge on any atom is -0.373 e. The summed E-state index contributed by atoms with van der Waals surface area (Å²) in [5.74, 6) is -0.195. The Hall–Kier alpha value is -1.92. The van der Waals surface area contributed by atoms with Gasteiger partial charge in [-0.05, 0) is 37.9 Å². The van der Waals surface area contributed by atoms with Crippen LogP contribution in [0.1, 0.15) is 5.56 Å². The van der Waals surface area contributed by atoms with E-state index in [1.54, 1.807) is 12.3 Å². The number of carbonyl (C=O) groups is 1. The molecule has 1 aromatic carbocycles. The first kappa shape index (κ1) is 16.0. The Bertz CT molecular complexity index is 698. The largest absolute Gasteiger partial charge is 0.373 e. The second-order valence-electron chi connectivity index (χ2n) is 6.28. The average molecular weight is 319 g/mol. The summed E-state index contributed by atoms with van der Waals surface area (Å²) in [5.41, 5.74) is 1.63. The van der Waals surface area contributed by atoms with Crippen molar-refractivity contribution in [2.75, 3.05) is 40.3 Å². The van der Waals surface area contributed by atoms with Crippen molar-refractivity contribution in [3.63, 3.8) is 0 Å². The molecule has 1 N–H and O–H groups in total. The predicted octanol–water partition coefficient (Wildman–Crippen LogP) is 1.64. The third-order valence-corrected chi connectivity index (χ3v) is 4.13. The van der Waals surface area contributed by atoms with Crippen LogP contribution in [0.4, 0.5) is 4.39 Å². The van der Waals surface area contributed by atoms with Gasteiger partial charge < -0.3 is 19.5 Å². The molecule has 0 aliphatic carbocycles. The van der Waals surface area contributed by atoms with Gasteiger partial charge >= 0.3 is 0 Å². The molecule has 1 amide bonds. The zero-order chi connectivity index (χ0) is 16.4. The van der Waals surface area contributed by atoms with Crippen molar-refractivity contribution in [2.24, 2.45) is 0 Å². The van der Waals surface area contributed by atoms with Crippen LogP contribution in [0, 0.1) is 5.82 Å². The number of morpholine rings is 1. The highest BCUT2D eigenvalue weighted by atomic mass is 19.1. The van der Waals surface area contributed by atoms with Crippen molar-refractivity contribution >= 4 is 16.8 Å². The number of halogens is 1. The van der Waals surface area contributed by atoms with Gasteiger partial charge in [-0.15, -0.1) is 0 Å². The molecule has 1 aliphatic heterocycles. The van der Waals surface area contributed by atoms with Gasteiger partial charge in [0.2, 0.25) is 5.91 Å². The number of ether oxygens (including phenoxy) is 1. The van der Waals surface area contributed by atoms with Crippen molar-refractivity contribution in [1.82, 2.24) is 14.8 Å². The van der Waals surface area contributed by atoms with Gasteiger partial charge in [-0.2, -0.15) is 0 Å². The van der Waals surface area contributed by atoms with Crippen LogP contribution in [0.15, 0.2) is 24.4 Å². The van der Waals surface area contributed by atoms with Crippen LogP contribution in [0.2, 0.25) is 0 Å². The predicted molar refractivity (Wildman–Crippen MR) is 86.8 cm³/mol. The SMILES string of the molecule is CN(C)C[C@H]1CN(C(=O)Cc2c[nH]c3cc(F)ccc23)CCO1. The molecule has 3 rings (SSSR count). The number of H-pyrrole nitrogens is 1. The molecule has 0 bridgehead atoms. The number of carbonyl (C=O) groups excluding carboxylic acids is 1. The van der Waals surface area contributed by atoms with Gasteiger partial charge in [0.1, 0.15) is 5.82 Å². The summed E-state index contributed by atoms with van der Waals surface area (Å²) in [6.45, 7) is 2.62. The van der Waals surface area contributed by atoms with Crippen LogP contribution in [-0.2, 0) is 16.0 Å². The van der Waals surface area contributed by atoms with Crippen LogP contribution in [-0.4, -0.2) is 67.1 Å². The summed E-state index contributed by atoms with van der Waals surface area (Å²) in [6.07, 6.45) is 2.17. The lowest BCUT2D eigenvalue weighted by Gasteiger charge is -2.34. The maximum atomic E-state index is 13.2. The lowest BCUT2D eigenvalue weighted by Crippen LogP contribution is -2.49. The Morgan fingerprint density at radius 2 is 2.30 bits per heavy atom. The standard InChI is InChI=1S/C17H22FN3O2/c1-20(2)10-14-11-21(5-6-23-14)17(22)7-12-9-19-16-8-13(18)3-4-15(12)16/h3-4,8-9,14,19H,5-7,10-11H2,1-2H3/t14-/m0/s1. The fourth-order valence-electron chi connectivity index (χ4n) is 3.04. The Morgan fingerprint density at radius 1 is 1.48 bits per heavy atom. The lowest BCUT2D eigenvalue weighted by atomic mass is 10.1. The molecule has 1 aliphatic rings. The smallest absolute Gasteiger partial charge is 0.227 e. The number of rotatable bonds is 4. The highest BCUT2D eigenvalue weighted by Crippen LogP contribution is 2.20. The molecule has 1 fully saturated rings. The second kappa shape index (κ2) is 6.68. The van der Waals surface area contributed by atoms with Crippen LogP contribution in [0.3, 0.4) is 0 Å². The molecular weight excluding hydrogens is 297 g/mol. The van der Waals surface area contributed by atoms with Crippen LogP contribution >= 0.6 is 0 Å². The number of hydrogen-bond donors (Lipinski definition) is 1. The number of aromatic amines is 1. The van der Waals surface area contributed by atoms with E-state index in [1.807, 2.05) is 19.0 Å². The summed E-state index contributed by atoms with van der Waals surface area (Å²) in [7, 11) is 3.99. The molecule has 23 heavy (non-hydrogen) atoms. The van der Waals surface area contributed by atoms with Gasteiger partial charge in [0.15, 0.2) is 0 Å². The number of hydrogen-bond acceptors (Lipinski definition) is 3. The molecule has 1 aromatic heterocycles. The molecule has 2 aromatic rings. The molecule has 2 heterocycles. The third kappa shape index (κ3) is 3.71. The van der Waals surface area contributed by atoms with E-state index in [1.165, 1.54) is 12.1 Å². The number of aromatic nitrogens is 1. The Balaban J connectivity index is 1.68. The molecule has 0 saturated carbocycles. The average Bonchev–Trinajstić information content (AvgIpc) is 2.89. The monoisotopic (exact) mass is 319 g/mol. The molecule has 124 valence electrons. The molecule has 0 unspecified atom stereocenters. The first-order chi connectivity index (χ1) is 11.0. The molecule has 1 saturated heterocycles. The van der Waals surface area contributed by atoms with Gasteiger partial charge in [-0.3, -0.25) is 4.79 Å². The highest BCUT2D eigenvalue weighted by Gasteiger charge is 2.25. The van der Waals surface area contributed by atoms with Crippen molar-refractivity contribution in [3.8, 4) is 0 Å². The maximum absolute atomic E-state index is 13.2. The van der Waals surface area contributed by atoms with E-state index < -0.39 is 0 Å². The fraction of sp³-hybridized carbons (Fsp3) is 0.471. The highest BCUT2D eigenvalue weighted by molar-refractivity contribution is 5.89. The summed E-state index contributed by atoms with van der Waals surface area (Å²) >= 11 is 0. The quantitative estimate of drug-likeness (QED) is 0.932. The minimum atomic E-state index is -0.281. The van der Waals surface area contributed by atoms with Crippen LogP contribution < -0.4 is 0 Å². The summed E-state index contributed by atoms with van der Waals surface area (Å²) in [4.78, 5) is 19.5. The number of benzene rings is 1. The number of nitrogens with zero attached hydrogens (tertiary/aromatic N) is 2. The number of likely N-dealkylation sites (N-methyl/N-ethyl adjacent to an activating group) is 1. The molecule has 6 heteroatoms. The first-order valence-corrected chi connectivity index (χ1v) is 7.82. The summed E-state index contributed by atoms with van der Waals surface area (Å²) in [5, 5.41) is 0.901. The molecule has 0 spiro atoms. The number of fused-ring (bicyclic) bond motifs is 1. The molecule has 1 atom stereocenters. The van der Waals surface area contributed by atoms with Crippen molar-refractivity contribution in [1.29, 1.82) is 0 Å². The van der Waals surface area contributed by atoms with Gasteiger partial charge in [0.25, 0.3) is 0 Å². The normalized spacial score (nSPS) is 18.8. The fourth-order valence-corrected chi connectivity index (χ4v) is 3.04. The van der Waals surface area contributed by atoms with Gasteiger partial charge in [-0.1, -0.05) is 0 Å². The molecule has 5 nitrogen and oxygen atoms in total. The Morgan fingerprint density at radius 3 is 3.09 bits per heavy atom. The zero-order valence-corrected chi connectivity index (χ0v) is 13.5. The van der Waals surface area contributed by atoms with E-state index in [2.05, 4.69) is 9.88 Å². The molecule has 0 radical (unpaired) electrons. The van der Waals surface area contributed by atoms with Gasteiger partial charge in [0.05, 0.1) is 19.1 Å². The van der Waals surface area contributed by atoms with Crippen molar-refractivity contribution in [2.45, 2.75) is 12.5 Å². The van der Waals surface area contributed by atoms with E-state index in [0.29, 0.717) is 26.1 Å². The first-order valence-electron chi connectivity index (χ1n) is 7.82. The van der Waals surface area contributed by atoms with Crippen LogP contribution in [0.25, 0.3) is 10.9 Å². The number of amides is 1. The van der Waals surface area contributed by atoms with E-state index in [-0.39, 0.29) is 17.8 Å². The Labute approximate surface area is 135 Å². The third-order valence-electron chi connectivity index (χ3n) is 4.13. The van der Waals surface area contributed by atoms with Crippen LogP contribution in [0.5, 0.6) is 0 Å². The van der Waals surface area contributed by atoms with Gasteiger partial charge in [0, 0.05) is 36.7 Å².